The van der Waals surface area contributed by atoms with Crippen LogP contribution in [-0.4, -0.2) is 0 Å². The van der Waals surface area contributed by atoms with Crippen LogP contribution in [0.5, 0.6) is 0 Å². The zero-order valence-electron chi connectivity index (χ0n) is 10.9. The normalized spacial score (nSPS) is 12.5. The molecule has 0 saturated carbocycles. The van der Waals surface area contributed by atoms with Crippen LogP contribution in [0.1, 0.15) is 28.3 Å². The molecule has 0 heterocycles. The van der Waals surface area contributed by atoms with Crippen molar-refractivity contribution in [2.75, 3.05) is 0 Å². The molecule has 2 aromatic rings. The lowest BCUT2D eigenvalue weighted by molar-refractivity contribution is 0.633. The molecule has 0 aliphatic rings. The molecule has 4 heteroatoms. The van der Waals surface area contributed by atoms with E-state index in [4.69, 9.17) is 29.0 Å². The van der Waals surface area contributed by atoms with E-state index >= 15 is 0 Å². The lowest BCUT2D eigenvalue weighted by atomic mass is 9.94. The molecule has 3 N–H and O–H groups in total. The van der Waals surface area contributed by atoms with Crippen molar-refractivity contribution in [3.8, 4) is 0 Å². The van der Waals surface area contributed by atoms with E-state index < -0.39 is 0 Å². The Bertz CT molecular complexity index is 576. The molecule has 0 aromatic heterocycles. The first-order valence-electron chi connectivity index (χ1n) is 6.01. The van der Waals surface area contributed by atoms with Gasteiger partial charge < -0.3 is 0 Å². The fourth-order valence-corrected chi connectivity index (χ4v) is 2.80. The molecule has 0 aliphatic carbocycles. The van der Waals surface area contributed by atoms with Crippen LogP contribution >= 0.6 is 23.2 Å². The summed E-state index contributed by atoms with van der Waals surface area (Å²) in [4.78, 5) is 0. The van der Waals surface area contributed by atoms with Gasteiger partial charge in [0.05, 0.1) is 6.04 Å². The average molecular weight is 295 g/mol. The van der Waals surface area contributed by atoms with E-state index in [1.807, 2.05) is 32.0 Å². The van der Waals surface area contributed by atoms with E-state index in [2.05, 4.69) is 23.6 Å². The summed E-state index contributed by atoms with van der Waals surface area (Å²) in [5.74, 6) is 5.73. The second-order valence-electron chi connectivity index (χ2n) is 4.60. The van der Waals surface area contributed by atoms with E-state index in [1.165, 1.54) is 5.56 Å². The minimum Gasteiger partial charge on any atom is -0.271 e. The van der Waals surface area contributed by atoms with Gasteiger partial charge in [0, 0.05) is 15.6 Å². The van der Waals surface area contributed by atoms with Gasteiger partial charge in [0.2, 0.25) is 0 Å². The quantitative estimate of drug-likeness (QED) is 0.659. The van der Waals surface area contributed by atoms with E-state index in [9.17, 15) is 0 Å². The van der Waals surface area contributed by atoms with Crippen molar-refractivity contribution < 1.29 is 0 Å². The number of benzene rings is 2. The highest BCUT2D eigenvalue weighted by Gasteiger charge is 2.20. The van der Waals surface area contributed by atoms with Crippen LogP contribution in [0.3, 0.4) is 0 Å². The Kier molecular flexibility index (Phi) is 4.48. The van der Waals surface area contributed by atoms with Crippen molar-refractivity contribution in [3.63, 3.8) is 0 Å². The zero-order valence-corrected chi connectivity index (χ0v) is 12.4. The third kappa shape index (κ3) is 2.93. The lowest BCUT2D eigenvalue weighted by Gasteiger charge is -2.21. The Labute approximate surface area is 123 Å². The Morgan fingerprint density at radius 1 is 1.05 bits per heavy atom. The highest BCUT2D eigenvalue weighted by molar-refractivity contribution is 6.36. The maximum absolute atomic E-state index is 6.27. The minimum atomic E-state index is -0.221. The third-order valence-corrected chi connectivity index (χ3v) is 3.86. The molecule has 0 spiro atoms. The van der Waals surface area contributed by atoms with Crippen molar-refractivity contribution in [2.45, 2.75) is 19.9 Å². The predicted molar refractivity (Wildman–Crippen MR) is 81.5 cm³/mol. The van der Waals surface area contributed by atoms with Gasteiger partial charge in [-0.15, -0.1) is 0 Å². The summed E-state index contributed by atoms with van der Waals surface area (Å²) >= 11 is 12.5. The highest BCUT2D eigenvalue weighted by Crippen LogP contribution is 2.35. The van der Waals surface area contributed by atoms with Crippen LogP contribution in [0.2, 0.25) is 10.0 Å². The number of nitrogens with one attached hydrogen (secondary N) is 1. The number of aryl methyl sites for hydroxylation is 2. The summed E-state index contributed by atoms with van der Waals surface area (Å²) in [7, 11) is 0. The molecule has 0 fully saturated rings. The van der Waals surface area contributed by atoms with Gasteiger partial charge in [-0.05, 0) is 37.1 Å². The van der Waals surface area contributed by atoms with Crippen molar-refractivity contribution in [1.82, 2.24) is 5.43 Å². The lowest BCUT2D eigenvalue weighted by Crippen LogP contribution is -2.30. The SMILES string of the molecule is Cc1ccc(C)c(C(NN)c2c(Cl)cccc2Cl)c1. The second-order valence-corrected chi connectivity index (χ2v) is 5.41. The Morgan fingerprint density at radius 3 is 2.26 bits per heavy atom. The van der Waals surface area contributed by atoms with Crippen molar-refractivity contribution >= 4 is 23.2 Å². The van der Waals surface area contributed by atoms with E-state index in [0.29, 0.717) is 10.0 Å². The molecule has 100 valence electrons. The largest absolute Gasteiger partial charge is 0.271 e. The van der Waals surface area contributed by atoms with Crippen LogP contribution in [0, 0.1) is 13.8 Å². The minimum absolute atomic E-state index is 0.221. The molecule has 2 rings (SSSR count). The van der Waals surface area contributed by atoms with Crippen LogP contribution in [0.4, 0.5) is 0 Å². The van der Waals surface area contributed by atoms with Crippen molar-refractivity contribution in [3.05, 3.63) is 68.7 Å². The zero-order chi connectivity index (χ0) is 14.0. The van der Waals surface area contributed by atoms with E-state index in [1.54, 1.807) is 0 Å². The van der Waals surface area contributed by atoms with Crippen LogP contribution in [0.25, 0.3) is 0 Å². The molecule has 2 aromatic carbocycles. The monoisotopic (exact) mass is 294 g/mol. The summed E-state index contributed by atoms with van der Waals surface area (Å²) in [5.41, 5.74) is 7.02. The summed E-state index contributed by atoms with van der Waals surface area (Å²) in [6, 6.07) is 11.5. The molecular weight excluding hydrogens is 279 g/mol. The van der Waals surface area contributed by atoms with Crippen LogP contribution in [-0.2, 0) is 0 Å². The van der Waals surface area contributed by atoms with Crippen molar-refractivity contribution in [1.29, 1.82) is 0 Å². The molecule has 0 aliphatic heterocycles. The van der Waals surface area contributed by atoms with E-state index in [-0.39, 0.29) is 6.04 Å². The fraction of sp³-hybridized carbons (Fsp3) is 0.200. The number of nitrogens with two attached hydrogens (primary N) is 1. The van der Waals surface area contributed by atoms with Gasteiger partial charge >= 0.3 is 0 Å². The number of halogens is 2. The van der Waals surface area contributed by atoms with Crippen LogP contribution < -0.4 is 11.3 Å². The Balaban J connectivity index is 2.59. The smallest absolute Gasteiger partial charge is 0.0741 e. The first kappa shape index (κ1) is 14.4. The van der Waals surface area contributed by atoms with E-state index in [0.717, 1.165) is 16.7 Å². The molecule has 0 saturated heterocycles. The van der Waals surface area contributed by atoms with Gasteiger partial charge in [-0.2, -0.15) is 0 Å². The number of hydrogen-bond donors (Lipinski definition) is 2. The molecule has 1 unspecified atom stereocenters. The molecule has 1 atom stereocenters. The molecule has 0 amide bonds. The first-order chi connectivity index (χ1) is 9.04. The Hall–Kier alpha value is -1.06. The summed E-state index contributed by atoms with van der Waals surface area (Å²) in [6.45, 7) is 4.09. The standard InChI is InChI=1S/C15H16Cl2N2/c1-9-6-7-10(2)11(8-9)15(19-18)14-12(16)4-3-5-13(14)17/h3-8,15,19H,18H2,1-2H3. The van der Waals surface area contributed by atoms with Crippen molar-refractivity contribution in [2.24, 2.45) is 5.84 Å². The summed E-state index contributed by atoms with van der Waals surface area (Å²) in [6.07, 6.45) is 0. The Morgan fingerprint density at radius 2 is 1.68 bits per heavy atom. The molecule has 19 heavy (non-hydrogen) atoms. The molecular formula is C15H16Cl2N2. The first-order valence-corrected chi connectivity index (χ1v) is 6.77. The number of hydrazine groups is 1. The molecule has 0 radical (unpaired) electrons. The third-order valence-electron chi connectivity index (χ3n) is 3.20. The summed E-state index contributed by atoms with van der Waals surface area (Å²) in [5, 5.41) is 1.22. The second kappa shape index (κ2) is 5.93. The van der Waals surface area contributed by atoms with Gasteiger partial charge in [-0.3, -0.25) is 5.84 Å². The molecule has 2 nitrogen and oxygen atoms in total. The molecule has 0 bridgehead atoms. The van der Waals surface area contributed by atoms with Gasteiger partial charge in [0.15, 0.2) is 0 Å². The average Bonchev–Trinajstić information content (AvgIpc) is 2.37. The van der Waals surface area contributed by atoms with Gasteiger partial charge in [-0.1, -0.05) is 53.0 Å². The maximum atomic E-state index is 6.27. The number of hydrogen-bond acceptors (Lipinski definition) is 2. The topological polar surface area (TPSA) is 38.0 Å². The fourth-order valence-electron chi connectivity index (χ4n) is 2.19. The highest BCUT2D eigenvalue weighted by atomic mass is 35.5. The summed E-state index contributed by atoms with van der Waals surface area (Å²) < 4.78 is 0. The van der Waals surface area contributed by atoms with Crippen LogP contribution in [0.15, 0.2) is 36.4 Å². The predicted octanol–water partition coefficient (Wildman–Crippen LogP) is 4.16. The van der Waals surface area contributed by atoms with Gasteiger partial charge in [0.1, 0.15) is 0 Å². The van der Waals surface area contributed by atoms with Gasteiger partial charge in [-0.25, -0.2) is 5.43 Å². The maximum Gasteiger partial charge on any atom is 0.0741 e. The van der Waals surface area contributed by atoms with Gasteiger partial charge in [0.25, 0.3) is 0 Å². The number of rotatable bonds is 3.